The summed E-state index contributed by atoms with van der Waals surface area (Å²) in [7, 11) is 0. The van der Waals surface area contributed by atoms with Crippen LogP contribution in [0.3, 0.4) is 0 Å². The summed E-state index contributed by atoms with van der Waals surface area (Å²) in [5.74, 6) is -0.370. The van der Waals surface area contributed by atoms with Crippen LogP contribution < -0.4 is 5.76 Å². The molecule has 0 saturated carbocycles. The zero-order valence-corrected chi connectivity index (χ0v) is 20.9. The SMILES string of the molecule is O=C(O)N1CC[C@H](n2c(=O)oc3ccccc32)CC1CCCN(Cc1ccccc1)Cc1ccccc1. The quantitative estimate of drug-likeness (QED) is 0.317. The van der Waals surface area contributed by atoms with Gasteiger partial charge in [-0.05, 0) is 55.5 Å². The number of carboxylic acid groups (broad SMARTS) is 1. The number of rotatable bonds is 9. The van der Waals surface area contributed by atoms with Gasteiger partial charge >= 0.3 is 11.8 Å². The number of likely N-dealkylation sites (tertiary alicyclic amines) is 1. The molecule has 5 rings (SSSR count). The molecule has 2 atom stereocenters. The average Bonchev–Trinajstić information content (AvgIpc) is 3.25. The van der Waals surface area contributed by atoms with Gasteiger partial charge in [0.2, 0.25) is 0 Å². The van der Waals surface area contributed by atoms with Gasteiger partial charge in [-0.15, -0.1) is 0 Å². The molecule has 1 N–H and O–H groups in total. The molecular formula is C30H33N3O4. The summed E-state index contributed by atoms with van der Waals surface area (Å²) in [6, 6.07) is 28.1. The van der Waals surface area contributed by atoms with Crippen LogP contribution in [0.25, 0.3) is 11.1 Å². The Morgan fingerprint density at radius 3 is 2.19 bits per heavy atom. The van der Waals surface area contributed by atoms with Crippen LogP contribution >= 0.6 is 0 Å². The molecule has 1 amide bonds. The molecule has 1 aliphatic rings. The van der Waals surface area contributed by atoms with Crippen molar-refractivity contribution in [3.05, 3.63) is 107 Å². The average molecular weight is 500 g/mol. The van der Waals surface area contributed by atoms with Crippen molar-refractivity contribution >= 4 is 17.2 Å². The fourth-order valence-corrected chi connectivity index (χ4v) is 5.57. The molecule has 1 fully saturated rings. The van der Waals surface area contributed by atoms with Gasteiger partial charge in [0, 0.05) is 31.7 Å². The van der Waals surface area contributed by atoms with Gasteiger partial charge in [-0.1, -0.05) is 72.8 Å². The highest BCUT2D eigenvalue weighted by atomic mass is 16.4. The summed E-state index contributed by atoms with van der Waals surface area (Å²) < 4.78 is 7.18. The van der Waals surface area contributed by atoms with E-state index in [2.05, 4.69) is 53.4 Å². The number of carbonyl (C=O) groups is 1. The van der Waals surface area contributed by atoms with E-state index in [1.807, 2.05) is 30.3 Å². The van der Waals surface area contributed by atoms with Crippen LogP contribution in [0.4, 0.5) is 4.79 Å². The molecule has 192 valence electrons. The van der Waals surface area contributed by atoms with Crippen molar-refractivity contribution in [2.24, 2.45) is 0 Å². The monoisotopic (exact) mass is 499 g/mol. The maximum Gasteiger partial charge on any atom is 0.420 e. The van der Waals surface area contributed by atoms with Crippen molar-refractivity contribution in [3.63, 3.8) is 0 Å². The van der Waals surface area contributed by atoms with E-state index in [1.54, 1.807) is 15.5 Å². The Balaban J connectivity index is 1.28. The second kappa shape index (κ2) is 11.5. The molecule has 0 radical (unpaired) electrons. The molecule has 0 bridgehead atoms. The first-order valence-corrected chi connectivity index (χ1v) is 13.0. The third kappa shape index (κ3) is 5.94. The molecule has 1 saturated heterocycles. The highest BCUT2D eigenvalue weighted by Crippen LogP contribution is 2.31. The fourth-order valence-electron chi connectivity index (χ4n) is 5.57. The van der Waals surface area contributed by atoms with Crippen LogP contribution in [0.2, 0.25) is 0 Å². The van der Waals surface area contributed by atoms with E-state index in [1.165, 1.54) is 11.1 Å². The van der Waals surface area contributed by atoms with Crippen molar-refractivity contribution in [1.82, 2.24) is 14.4 Å². The van der Waals surface area contributed by atoms with E-state index in [0.29, 0.717) is 25.0 Å². The number of hydrogen-bond donors (Lipinski definition) is 1. The highest BCUT2D eigenvalue weighted by molar-refractivity contribution is 5.72. The van der Waals surface area contributed by atoms with E-state index in [4.69, 9.17) is 4.42 Å². The number of amides is 1. The third-order valence-electron chi connectivity index (χ3n) is 7.33. The van der Waals surface area contributed by atoms with Crippen LogP contribution in [0, 0.1) is 0 Å². The maximum absolute atomic E-state index is 12.7. The van der Waals surface area contributed by atoms with Crippen molar-refractivity contribution in [1.29, 1.82) is 0 Å². The Morgan fingerprint density at radius 2 is 1.54 bits per heavy atom. The normalized spacial score (nSPS) is 17.9. The first-order valence-electron chi connectivity index (χ1n) is 13.0. The lowest BCUT2D eigenvalue weighted by Gasteiger charge is -2.38. The summed E-state index contributed by atoms with van der Waals surface area (Å²) in [6.45, 7) is 2.94. The molecule has 0 spiro atoms. The van der Waals surface area contributed by atoms with E-state index < -0.39 is 6.09 Å². The van der Waals surface area contributed by atoms with Crippen molar-refractivity contribution in [3.8, 4) is 0 Å². The van der Waals surface area contributed by atoms with Gasteiger partial charge in [0.1, 0.15) is 0 Å². The molecule has 37 heavy (non-hydrogen) atoms. The third-order valence-corrected chi connectivity index (χ3v) is 7.33. The van der Waals surface area contributed by atoms with Crippen LogP contribution in [-0.2, 0) is 13.1 Å². The van der Waals surface area contributed by atoms with Crippen LogP contribution in [0.15, 0.2) is 94.1 Å². The van der Waals surface area contributed by atoms with Gasteiger partial charge in [0.05, 0.1) is 5.52 Å². The molecule has 3 aromatic carbocycles. The minimum atomic E-state index is -0.890. The minimum absolute atomic E-state index is 0.0820. The van der Waals surface area contributed by atoms with Crippen LogP contribution in [0.5, 0.6) is 0 Å². The van der Waals surface area contributed by atoms with Crippen molar-refractivity contribution in [2.75, 3.05) is 13.1 Å². The Kier molecular flexibility index (Phi) is 7.70. The van der Waals surface area contributed by atoms with Crippen molar-refractivity contribution < 1.29 is 14.3 Å². The molecule has 1 unspecified atom stereocenters. The number of oxazole rings is 1. The molecule has 0 aliphatic carbocycles. The Hall–Kier alpha value is -3.84. The first kappa shape index (κ1) is 24.8. The molecule has 7 nitrogen and oxygen atoms in total. The predicted octanol–water partition coefficient (Wildman–Crippen LogP) is 5.76. The number of hydrogen-bond acceptors (Lipinski definition) is 4. The predicted molar refractivity (Wildman–Crippen MR) is 143 cm³/mol. The fraction of sp³-hybridized carbons (Fsp3) is 0.333. The van der Waals surface area contributed by atoms with Crippen LogP contribution in [-0.4, -0.2) is 44.7 Å². The lowest BCUT2D eigenvalue weighted by molar-refractivity contribution is 0.0847. The van der Waals surface area contributed by atoms with Gasteiger partial charge in [0.15, 0.2) is 5.58 Å². The Morgan fingerprint density at radius 1 is 0.919 bits per heavy atom. The second-order valence-electron chi connectivity index (χ2n) is 9.84. The summed E-state index contributed by atoms with van der Waals surface area (Å²) in [6.07, 6.45) is 1.92. The molecule has 7 heteroatoms. The maximum atomic E-state index is 12.7. The summed E-state index contributed by atoms with van der Waals surface area (Å²) >= 11 is 0. The molecule has 1 aromatic heterocycles. The topological polar surface area (TPSA) is 78.9 Å². The lowest BCUT2D eigenvalue weighted by atomic mass is 9.93. The lowest BCUT2D eigenvalue weighted by Crippen LogP contribution is -2.47. The highest BCUT2D eigenvalue weighted by Gasteiger charge is 2.33. The standard InChI is InChI=1S/C30H33N3O4/c34-29(35)32-19-17-26(33-27-15-7-8-16-28(27)37-30(33)36)20-25(32)14-9-18-31(21-23-10-3-1-4-11-23)22-24-12-5-2-6-13-24/h1-8,10-13,15-16,25-26H,9,14,17-22H2,(H,34,35)/t25?,26-/m0/s1. The first-order chi connectivity index (χ1) is 18.1. The molecule has 4 aromatic rings. The Labute approximate surface area is 216 Å². The van der Waals surface area contributed by atoms with Crippen LogP contribution in [0.1, 0.15) is 42.9 Å². The number of aromatic nitrogens is 1. The van der Waals surface area contributed by atoms with Gasteiger partial charge in [-0.25, -0.2) is 9.59 Å². The zero-order chi connectivity index (χ0) is 25.6. The molecule has 2 heterocycles. The van der Waals surface area contributed by atoms with Gasteiger partial charge in [-0.3, -0.25) is 9.47 Å². The molecule has 1 aliphatic heterocycles. The van der Waals surface area contributed by atoms with E-state index >= 15 is 0 Å². The number of para-hydroxylation sites is 2. The summed E-state index contributed by atoms with van der Waals surface area (Å²) in [5.41, 5.74) is 3.86. The minimum Gasteiger partial charge on any atom is -0.465 e. The van der Waals surface area contributed by atoms with E-state index in [0.717, 1.165) is 38.0 Å². The van der Waals surface area contributed by atoms with Gasteiger partial charge < -0.3 is 14.4 Å². The number of benzene rings is 3. The summed E-state index contributed by atoms with van der Waals surface area (Å²) in [4.78, 5) is 28.7. The van der Waals surface area contributed by atoms with E-state index in [-0.39, 0.29) is 17.8 Å². The zero-order valence-electron chi connectivity index (χ0n) is 20.9. The second-order valence-corrected chi connectivity index (χ2v) is 9.84. The number of fused-ring (bicyclic) bond motifs is 1. The smallest absolute Gasteiger partial charge is 0.420 e. The Bertz CT molecular complexity index is 1320. The van der Waals surface area contributed by atoms with Gasteiger partial charge in [0.25, 0.3) is 0 Å². The van der Waals surface area contributed by atoms with Gasteiger partial charge in [-0.2, -0.15) is 0 Å². The largest absolute Gasteiger partial charge is 0.465 e. The van der Waals surface area contributed by atoms with E-state index in [9.17, 15) is 14.7 Å². The van der Waals surface area contributed by atoms with Crippen molar-refractivity contribution in [2.45, 2.75) is 50.9 Å². The number of piperidine rings is 1. The molecular weight excluding hydrogens is 466 g/mol. The summed E-state index contributed by atoms with van der Waals surface area (Å²) in [5, 5.41) is 9.88. The number of nitrogens with zero attached hydrogens (tertiary/aromatic N) is 3.